The van der Waals surface area contributed by atoms with E-state index in [-0.39, 0.29) is 27.6 Å². The number of ether oxygens (including phenoxy) is 1. The molecule has 5 fully saturated rings. The molecule has 4 saturated carbocycles. The summed E-state index contributed by atoms with van der Waals surface area (Å²) in [5.41, 5.74) is 1.29. The summed E-state index contributed by atoms with van der Waals surface area (Å²) < 4.78 is 5.66. The zero-order valence-corrected chi connectivity index (χ0v) is 23.2. The molecule has 1 heterocycles. The zero-order chi connectivity index (χ0) is 25.3. The Hall–Kier alpha value is -1.66. The molecule has 1 spiro atoms. The van der Waals surface area contributed by atoms with E-state index < -0.39 is 0 Å². The highest BCUT2D eigenvalue weighted by atomic mass is 32.1. The molecule has 6 rings (SSSR count). The first-order valence-electron chi connectivity index (χ1n) is 14.1. The van der Waals surface area contributed by atoms with E-state index in [1.54, 1.807) is 0 Å². The number of nitrogens with one attached hydrogen (secondary N) is 1. The van der Waals surface area contributed by atoms with Crippen LogP contribution < -0.4 is 5.32 Å². The van der Waals surface area contributed by atoms with Crippen molar-refractivity contribution in [2.75, 3.05) is 18.5 Å². The van der Waals surface area contributed by atoms with Crippen molar-refractivity contribution < 1.29 is 14.4 Å². The highest BCUT2D eigenvalue weighted by molar-refractivity contribution is 7.80. The second-order valence-corrected chi connectivity index (χ2v) is 13.6. The first-order valence-corrected chi connectivity index (χ1v) is 14.5. The second-order valence-electron chi connectivity index (χ2n) is 13.2. The first kappa shape index (κ1) is 24.7. The van der Waals surface area contributed by atoms with Crippen molar-refractivity contribution >= 4 is 29.0 Å². The number of thiocarbonyl (C=S) groups is 1. The van der Waals surface area contributed by atoms with E-state index in [1.807, 2.05) is 25.1 Å². The van der Waals surface area contributed by atoms with Crippen LogP contribution in [0.15, 0.2) is 30.3 Å². The van der Waals surface area contributed by atoms with Crippen LogP contribution in [0.4, 0.5) is 5.69 Å². The van der Waals surface area contributed by atoms with Crippen LogP contribution in [0.3, 0.4) is 0 Å². The third kappa shape index (κ3) is 3.28. The Kier molecular flexibility index (Phi) is 5.77. The van der Waals surface area contributed by atoms with Gasteiger partial charge in [0.1, 0.15) is 0 Å². The maximum absolute atomic E-state index is 13.3. The minimum absolute atomic E-state index is 0.0366. The fourth-order valence-corrected chi connectivity index (χ4v) is 10.6. The topological polar surface area (TPSA) is 50.8 Å². The molecule has 1 aromatic rings. The van der Waals surface area contributed by atoms with Gasteiger partial charge in [-0.2, -0.15) is 0 Å². The van der Waals surface area contributed by atoms with Crippen molar-refractivity contribution in [1.82, 2.24) is 5.06 Å². The van der Waals surface area contributed by atoms with E-state index in [4.69, 9.17) is 21.8 Å². The first-order chi connectivity index (χ1) is 17.2. The number of hydroxylamine groups is 2. The predicted molar refractivity (Wildman–Crippen MR) is 145 cm³/mol. The normalized spacial score (nSPS) is 44.8. The minimum Gasteiger partial charge on any atom is -0.466 e. The van der Waals surface area contributed by atoms with Crippen molar-refractivity contribution in [1.29, 1.82) is 0 Å². The fraction of sp³-hybridized carbons (Fsp3) is 0.733. The van der Waals surface area contributed by atoms with Crippen LogP contribution in [0, 0.1) is 39.4 Å². The van der Waals surface area contributed by atoms with Gasteiger partial charge in [0, 0.05) is 11.6 Å². The van der Waals surface area contributed by atoms with Crippen molar-refractivity contribution in [2.45, 2.75) is 85.1 Å². The van der Waals surface area contributed by atoms with Crippen LogP contribution in [-0.2, 0) is 14.4 Å². The lowest BCUT2D eigenvalue weighted by molar-refractivity contribution is -0.195. The molecule has 0 amide bonds. The summed E-state index contributed by atoms with van der Waals surface area (Å²) in [5, 5.41) is 6.19. The van der Waals surface area contributed by atoms with Gasteiger partial charge in [-0.1, -0.05) is 38.5 Å². The van der Waals surface area contributed by atoms with Crippen LogP contribution in [0.1, 0.15) is 79.1 Å². The van der Waals surface area contributed by atoms with Gasteiger partial charge in [0.2, 0.25) is 0 Å². The number of carbonyl (C=O) groups excluding carboxylic acids is 1. The average molecular weight is 511 g/mol. The standard InChI is InChI=1S/C30H42N2O3S/c1-5-34-25(33)29(4)15-9-14-28(3)22(29)13-17-30-19-27(2,16-12-23(28)30)24-21(30)18-35-32(24)26(36)31-20-10-7-6-8-11-20/h6-8,10-11,21-24H,5,9,12-19H2,1-4H3,(H,31,36)/t21-,22+,23+,24+,27+,28-,29-,30-/m1/s1. The number of esters is 1. The molecule has 0 aromatic heterocycles. The molecule has 5 nitrogen and oxygen atoms in total. The Morgan fingerprint density at radius 3 is 2.61 bits per heavy atom. The predicted octanol–water partition coefficient (Wildman–Crippen LogP) is 6.59. The molecule has 1 aliphatic heterocycles. The van der Waals surface area contributed by atoms with Gasteiger partial charge in [0.15, 0.2) is 5.11 Å². The molecule has 6 heteroatoms. The molecule has 8 atom stereocenters. The van der Waals surface area contributed by atoms with Crippen molar-refractivity contribution in [2.24, 2.45) is 39.4 Å². The number of nitrogens with zero attached hydrogens (tertiary/aromatic N) is 1. The van der Waals surface area contributed by atoms with Gasteiger partial charge in [0.25, 0.3) is 0 Å². The van der Waals surface area contributed by atoms with Crippen LogP contribution in [0.2, 0.25) is 0 Å². The molecule has 196 valence electrons. The fourth-order valence-electron chi connectivity index (χ4n) is 10.4. The highest BCUT2D eigenvalue weighted by Crippen LogP contribution is 2.76. The summed E-state index contributed by atoms with van der Waals surface area (Å²) in [6.07, 6.45) is 9.33. The Bertz CT molecular complexity index is 1050. The Morgan fingerprint density at radius 1 is 1.11 bits per heavy atom. The maximum Gasteiger partial charge on any atom is 0.312 e. The van der Waals surface area contributed by atoms with Gasteiger partial charge in [-0.3, -0.25) is 9.63 Å². The highest BCUT2D eigenvalue weighted by Gasteiger charge is 2.73. The van der Waals surface area contributed by atoms with Crippen molar-refractivity contribution in [3.8, 4) is 0 Å². The van der Waals surface area contributed by atoms with E-state index in [2.05, 4.69) is 43.3 Å². The van der Waals surface area contributed by atoms with Gasteiger partial charge in [-0.05, 0) is 111 Å². The molecule has 5 aliphatic rings. The molecular formula is C30H42N2O3S. The smallest absolute Gasteiger partial charge is 0.312 e. The van der Waals surface area contributed by atoms with Crippen molar-refractivity contribution in [3.05, 3.63) is 30.3 Å². The molecule has 4 aliphatic carbocycles. The summed E-state index contributed by atoms with van der Waals surface area (Å²) in [6, 6.07) is 10.5. The van der Waals surface area contributed by atoms with Crippen LogP contribution in [-0.4, -0.2) is 35.4 Å². The Morgan fingerprint density at radius 2 is 1.86 bits per heavy atom. The largest absolute Gasteiger partial charge is 0.466 e. The third-order valence-electron chi connectivity index (χ3n) is 11.5. The van der Waals surface area contributed by atoms with E-state index in [0.717, 1.165) is 31.6 Å². The van der Waals surface area contributed by atoms with Crippen molar-refractivity contribution in [3.63, 3.8) is 0 Å². The second kappa shape index (κ2) is 8.42. The molecular weight excluding hydrogens is 468 g/mol. The SMILES string of the molecule is CCOC(=O)[C@]1(C)CCC[C@@]2(C)[C@@H]3CC[C@@]4(C)C[C@]3(CC[C@@H]21)[C@@H]1CON(C(=S)Nc2ccccc2)[C@@H]14. The van der Waals surface area contributed by atoms with Crippen LogP contribution >= 0.6 is 12.2 Å². The minimum atomic E-state index is -0.358. The van der Waals surface area contributed by atoms with Crippen LogP contribution in [0.25, 0.3) is 0 Å². The van der Waals surface area contributed by atoms with Gasteiger partial charge >= 0.3 is 5.97 Å². The number of hydrogen-bond acceptors (Lipinski definition) is 4. The molecule has 0 unspecified atom stereocenters. The molecule has 1 saturated heterocycles. The van der Waals surface area contributed by atoms with Gasteiger partial charge in [-0.25, -0.2) is 5.06 Å². The zero-order valence-electron chi connectivity index (χ0n) is 22.3. The quantitative estimate of drug-likeness (QED) is 0.366. The van der Waals surface area contributed by atoms with E-state index in [1.165, 1.54) is 32.1 Å². The number of fused-ring (bicyclic) bond motifs is 5. The summed E-state index contributed by atoms with van der Waals surface area (Å²) in [6.45, 7) is 10.4. The lowest BCUT2D eigenvalue weighted by Gasteiger charge is -2.64. The molecule has 0 radical (unpaired) electrons. The van der Waals surface area contributed by atoms with E-state index in [0.29, 0.717) is 35.5 Å². The van der Waals surface area contributed by atoms with Gasteiger partial charge < -0.3 is 10.1 Å². The number of carbonyl (C=O) groups is 1. The van der Waals surface area contributed by atoms with E-state index >= 15 is 0 Å². The van der Waals surface area contributed by atoms with Crippen LogP contribution in [0.5, 0.6) is 0 Å². The Labute approximate surface area is 221 Å². The van der Waals surface area contributed by atoms with E-state index in [9.17, 15) is 4.79 Å². The average Bonchev–Trinajstić information content (AvgIpc) is 3.37. The summed E-state index contributed by atoms with van der Waals surface area (Å²) in [4.78, 5) is 19.7. The van der Waals surface area contributed by atoms with Gasteiger partial charge in [-0.15, -0.1) is 0 Å². The molecule has 1 N–H and O–H groups in total. The number of rotatable bonds is 3. The summed E-state index contributed by atoms with van der Waals surface area (Å²) in [7, 11) is 0. The van der Waals surface area contributed by atoms with Gasteiger partial charge in [0.05, 0.1) is 24.7 Å². The number of benzene rings is 1. The summed E-state index contributed by atoms with van der Waals surface area (Å²) >= 11 is 5.91. The Balaban J connectivity index is 1.31. The molecule has 1 aromatic carbocycles. The lowest BCUT2D eigenvalue weighted by atomic mass is 9.39. The number of para-hydroxylation sites is 1. The monoisotopic (exact) mass is 510 g/mol. The number of anilines is 1. The third-order valence-corrected chi connectivity index (χ3v) is 11.8. The maximum atomic E-state index is 13.3. The number of hydrogen-bond donors (Lipinski definition) is 1. The lowest BCUT2D eigenvalue weighted by Crippen LogP contribution is -2.60. The summed E-state index contributed by atoms with van der Waals surface area (Å²) in [5.74, 6) is 1.55. The molecule has 36 heavy (non-hydrogen) atoms. The molecule has 2 bridgehead atoms.